The van der Waals surface area contributed by atoms with Gasteiger partial charge in [0.25, 0.3) is 0 Å². The molecular weight excluding hydrogens is 464 g/mol. The van der Waals surface area contributed by atoms with Crippen molar-refractivity contribution in [1.82, 2.24) is 29.7 Å². The summed E-state index contributed by atoms with van der Waals surface area (Å²) in [4.78, 5) is 32.0. The van der Waals surface area contributed by atoms with E-state index in [0.717, 1.165) is 24.5 Å². The minimum Gasteiger partial charge on any atom is -0.374 e. The van der Waals surface area contributed by atoms with Crippen LogP contribution in [0.4, 0.5) is 0 Å². The second kappa shape index (κ2) is 15.0. The van der Waals surface area contributed by atoms with Crippen LogP contribution in [0, 0.1) is 0 Å². The largest absolute Gasteiger partial charge is 0.374 e. The molecule has 1 aliphatic rings. The van der Waals surface area contributed by atoms with Gasteiger partial charge in [0.2, 0.25) is 11.8 Å². The van der Waals surface area contributed by atoms with Gasteiger partial charge in [-0.15, -0.1) is 0 Å². The zero-order valence-corrected chi connectivity index (χ0v) is 20.3. The average Bonchev–Trinajstić information content (AvgIpc) is 3.52. The highest BCUT2D eigenvalue weighted by atomic mass is 33.1. The molecule has 0 bridgehead atoms. The Morgan fingerprint density at radius 3 is 1.94 bits per heavy atom. The summed E-state index contributed by atoms with van der Waals surface area (Å²) in [6, 6.07) is 0. The van der Waals surface area contributed by atoms with Gasteiger partial charge in [0.15, 0.2) is 0 Å². The van der Waals surface area contributed by atoms with Gasteiger partial charge in [0, 0.05) is 75.3 Å². The lowest BCUT2D eigenvalue weighted by atomic mass is 10.2. The van der Waals surface area contributed by atoms with Crippen molar-refractivity contribution in [3.8, 4) is 0 Å². The van der Waals surface area contributed by atoms with E-state index >= 15 is 0 Å². The molecule has 1 saturated heterocycles. The fraction of sp³-hybridized carbons (Fsp3) is 0.619. The summed E-state index contributed by atoms with van der Waals surface area (Å²) in [6.45, 7) is 3.42. The first-order valence-corrected chi connectivity index (χ1v) is 13.6. The molecule has 10 nitrogen and oxygen atoms in total. The van der Waals surface area contributed by atoms with Gasteiger partial charge in [-0.25, -0.2) is 9.97 Å². The molecule has 3 heterocycles. The van der Waals surface area contributed by atoms with Crippen LogP contribution in [0.2, 0.25) is 0 Å². The van der Waals surface area contributed by atoms with Crippen LogP contribution < -0.4 is 10.6 Å². The molecule has 0 spiro atoms. The smallest absolute Gasteiger partial charge is 0.222 e. The van der Waals surface area contributed by atoms with Crippen LogP contribution in [-0.2, 0) is 32.2 Å². The molecule has 1 fully saturated rings. The van der Waals surface area contributed by atoms with E-state index in [4.69, 9.17) is 9.47 Å². The van der Waals surface area contributed by atoms with Crippen molar-refractivity contribution in [3.63, 3.8) is 0 Å². The van der Waals surface area contributed by atoms with Gasteiger partial charge >= 0.3 is 0 Å². The minimum atomic E-state index is -0.0757. The lowest BCUT2D eigenvalue weighted by Gasteiger charge is -2.30. The quantitative estimate of drug-likeness (QED) is 0.281. The summed E-state index contributed by atoms with van der Waals surface area (Å²) in [6.07, 6.45) is 12.1. The van der Waals surface area contributed by atoms with Crippen molar-refractivity contribution in [2.75, 3.05) is 37.8 Å². The molecule has 0 aromatic carbocycles. The summed E-state index contributed by atoms with van der Waals surface area (Å²) in [5.41, 5.74) is 0. The summed E-state index contributed by atoms with van der Waals surface area (Å²) in [5.74, 6) is 1.57. The molecule has 2 N–H and O–H groups in total. The third kappa shape index (κ3) is 10.2. The number of nitrogens with zero attached hydrogens (tertiary/aromatic N) is 4. The molecule has 3 rings (SSSR count). The van der Waals surface area contributed by atoms with Gasteiger partial charge in [-0.2, -0.15) is 0 Å². The monoisotopic (exact) mass is 496 g/mol. The standard InChI is InChI=1S/C21H32N6O4S2/c28-20(24-4-1-8-26-9-5-22-16-26)2-12-30-18-14-32-33-15-19(18)31-13-3-21(29)25-7-11-27-10-6-23-17-27/h5-6,9-10,16-19H,1-4,7-8,11-15H2,(H,24,28)(H,25,29)/t18-,19-/m1/s1. The van der Waals surface area contributed by atoms with Crippen LogP contribution in [0.5, 0.6) is 0 Å². The van der Waals surface area contributed by atoms with E-state index in [-0.39, 0.29) is 24.0 Å². The van der Waals surface area contributed by atoms with Crippen molar-refractivity contribution >= 4 is 33.4 Å². The van der Waals surface area contributed by atoms with Crippen LogP contribution in [0.15, 0.2) is 37.4 Å². The van der Waals surface area contributed by atoms with E-state index in [1.54, 1.807) is 46.6 Å². The van der Waals surface area contributed by atoms with Crippen molar-refractivity contribution in [2.45, 2.75) is 44.6 Å². The fourth-order valence-corrected chi connectivity index (χ4v) is 5.66. The fourth-order valence-electron chi connectivity index (χ4n) is 3.19. The molecule has 182 valence electrons. The highest BCUT2D eigenvalue weighted by Crippen LogP contribution is 2.32. The maximum absolute atomic E-state index is 12.0. The summed E-state index contributed by atoms with van der Waals surface area (Å²) >= 11 is 0. The van der Waals surface area contributed by atoms with Crippen LogP contribution >= 0.6 is 21.6 Å². The second-order valence-electron chi connectivity index (χ2n) is 7.54. The Bertz CT molecular complexity index is 806. The Morgan fingerprint density at radius 1 is 0.848 bits per heavy atom. The number of amides is 2. The number of hydrogen-bond donors (Lipinski definition) is 2. The number of ether oxygens (including phenoxy) is 2. The first-order chi connectivity index (χ1) is 16.2. The molecule has 33 heavy (non-hydrogen) atoms. The van der Waals surface area contributed by atoms with Crippen LogP contribution in [0.1, 0.15) is 19.3 Å². The molecule has 0 radical (unpaired) electrons. The molecule has 2 amide bonds. The number of aromatic nitrogens is 4. The molecule has 1 aliphatic heterocycles. The van der Waals surface area contributed by atoms with Crippen LogP contribution in [0.3, 0.4) is 0 Å². The SMILES string of the molecule is O=C(CCO[C@@H]1CSSC[C@H]1OCCC(=O)NCCn1ccnc1)NCCCn1ccnc1. The maximum atomic E-state index is 12.0. The number of hydrogen-bond acceptors (Lipinski definition) is 8. The number of nitrogens with one attached hydrogen (secondary N) is 2. The normalized spacial score (nSPS) is 18.2. The predicted octanol–water partition coefficient (Wildman–Crippen LogP) is 1.35. The Morgan fingerprint density at radius 2 is 1.39 bits per heavy atom. The predicted molar refractivity (Wildman–Crippen MR) is 129 cm³/mol. The minimum absolute atomic E-state index is 0.0108. The van der Waals surface area contributed by atoms with E-state index in [1.165, 1.54) is 0 Å². The lowest BCUT2D eigenvalue weighted by molar-refractivity contribution is -0.126. The van der Waals surface area contributed by atoms with E-state index in [1.807, 2.05) is 21.5 Å². The highest BCUT2D eigenvalue weighted by Gasteiger charge is 2.28. The Kier molecular flexibility index (Phi) is 11.6. The Hall–Kier alpha value is -2.02. The van der Waals surface area contributed by atoms with Gasteiger partial charge in [-0.05, 0) is 6.42 Å². The average molecular weight is 497 g/mol. The zero-order chi connectivity index (χ0) is 23.1. The zero-order valence-electron chi connectivity index (χ0n) is 18.6. The van der Waals surface area contributed by atoms with Gasteiger partial charge in [-0.3, -0.25) is 9.59 Å². The first-order valence-electron chi connectivity index (χ1n) is 11.1. The Labute approximate surface area is 202 Å². The molecule has 2 aromatic heterocycles. The molecule has 0 saturated carbocycles. The summed E-state index contributed by atoms with van der Waals surface area (Å²) in [7, 11) is 3.49. The van der Waals surface area contributed by atoms with Crippen LogP contribution in [-0.4, -0.2) is 80.9 Å². The molecule has 2 atom stereocenters. The van der Waals surface area contributed by atoms with Crippen molar-refractivity contribution in [2.24, 2.45) is 0 Å². The number of carbonyl (C=O) groups is 2. The van der Waals surface area contributed by atoms with Gasteiger partial charge in [0.05, 0.1) is 38.1 Å². The summed E-state index contributed by atoms with van der Waals surface area (Å²) in [5, 5.41) is 5.81. The van der Waals surface area contributed by atoms with E-state index in [0.29, 0.717) is 45.7 Å². The number of imidazole rings is 2. The van der Waals surface area contributed by atoms with Gasteiger partial charge in [-0.1, -0.05) is 21.6 Å². The number of aryl methyl sites for hydroxylation is 1. The lowest BCUT2D eigenvalue weighted by Crippen LogP contribution is -2.39. The molecule has 0 aliphatic carbocycles. The third-order valence-corrected chi connectivity index (χ3v) is 7.42. The van der Waals surface area contributed by atoms with Crippen molar-refractivity contribution in [3.05, 3.63) is 37.4 Å². The van der Waals surface area contributed by atoms with Gasteiger partial charge < -0.3 is 29.2 Å². The first kappa shape index (κ1) is 25.6. The van der Waals surface area contributed by atoms with E-state index < -0.39 is 0 Å². The van der Waals surface area contributed by atoms with Crippen molar-refractivity contribution in [1.29, 1.82) is 0 Å². The topological polar surface area (TPSA) is 112 Å². The van der Waals surface area contributed by atoms with E-state index in [2.05, 4.69) is 20.6 Å². The second-order valence-corrected chi connectivity index (χ2v) is 10.1. The highest BCUT2D eigenvalue weighted by molar-refractivity contribution is 8.76. The van der Waals surface area contributed by atoms with E-state index in [9.17, 15) is 9.59 Å². The summed E-state index contributed by atoms with van der Waals surface area (Å²) < 4.78 is 15.8. The number of rotatable bonds is 15. The Balaban J connectivity index is 1.23. The van der Waals surface area contributed by atoms with Crippen LogP contribution in [0.25, 0.3) is 0 Å². The number of carbonyl (C=O) groups excluding carboxylic acids is 2. The molecule has 2 aromatic rings. The third-order valence-electron chi connectivity index (χ3n) is 5.01. The molecule has 0 unspecified atom stereocenters. The van der Waals surface area contributed by atoms with Crippen molar-refractivity contribution < 1.29 is 19.1 Å². The van der Waals surface area contributed by atoms with Gasteiger partial charge in [0.1, 0.15) is 0 Å². The molecule has 12 heteroatoms. The molecular formula is C21H32N6O4S2. The maximum Gasteiger partial charge on any atom is 0.222 e.